The lowest BCUT2D eigenvalue weighted by Crippen LogP contribution is -2.55. The highest BCUT2D eigenvalue weighted by Gasteiger charge is 2.37. The highest BCUT2D eigenvalue weighted by Crippen LogP contribution is 2.37. The quantitative estimate of drug-likeness (QED) is 0.780. The minimum absolute atomic E-state index is 0.515. The molecule has 0 aromatic heterocycles. The van der Waals surface area contributed by atoms with Crippen LogP contribution in [0.5, 0.6) is 0 Å². The van der Waals surface area contributed by atoms with Gasteiger partial charge in [-0.3, -0.25) is 4.90 Å². The van der Waals surface area contributed by atoms with Gasteiger partial charge in [-0.1, -0.05) is 41.5 Å². The lowest BCUT2D eigenvalue weighted by molar-refractivity contribution is 0.0612. The molecule has 0 saturated heterocycles. The van der Waals surface area contributed by atoms with E-state index in [2.05, 4.69) is 51.8 Å². The van der Waals surface area contributed by atoms with E-state index in [9.17, 15) is 0 Å². The van der Waals surface area contributed by atoms with Crippen molar-refractivity contribution in [3.8, 4) is 0 Å². The minimum atomic E-state index is 0.515. The Morgan fingerprint density at radius 3 is 2.44 bits per heavy atom. The zero-order valence-electron chi connectivity index (χ0n) is 13.4. The van der Waals surface area contributed by atoms with Gasteiger partial charge in [-0.2, -0.15) is 0 Å². The van der Waals surface area contributed by atoms with Crippen molar-refractivity contribution in [1.29, 1.82) is 0 Å². The van der Waals surface area contributed by atoms with Crippen LogP contribution in [0.15, 0.2) is 0 Å². The number of nitrogens with one attached hydrogen (secondary N) is 1. The van der Waals surface area contributed by atoms with E-state index in [1.54, 1.807) is 0 Å². The molecule has 0 heterocycles. The molecule has 1 fully saturated rings. The van der Waals surface area contributed by atoms with Gasteiger partial charge < -0.3 is 5.32 Å². The van der Waals surface area contributed by atoms with Gasteiger partial charge in [0, 0.05) is 18.6 Å². The summed E-state index contributed by atoms with van der Waals surface area (Å²) in [4.78, 5) is 2.71. The Balaban J connectivity index is 2.75. The first-order valence-electron chi connectivity index (χ1n) is 7.87. The van der Waals surface area contributed by atoms with E-state index >= 15 is 0 Å². The van der Waals surface area contributed by atoms with Crippen molar-refractivity contribution in [3.63, 3.8) is 0 Å². The minimum Gasteiger partial charge on any atom is -0.313 e. The van der Waals surface area contributed by atoms with Crippen molar-refractivity contribution >= 4 is 0 Å². The summed E-state index contributed by atoms with van der Waals surface area (Å²) in [5, 5.41) is 3.72. The van der Waals surface area contributed by atoms with Crippen LogP contribution in [-0.2, 0) is 0 Å². The molecule has 0 aromatic rings. The first kappa shape index (κ1) is 16.0. The topological polar surface area (TPSA) is 15.3 Å². The van der Waals surface area contributed by atoms with Crippen molar-refractivity contribution in [2.75, 3.05) is 19.6 Å². The Labute approximate surface area is 115 Å². The molecule has 0 radical (unpaired) electrons. The third-order valence-electron chi connectivity index (χ3n) is 4.30. The molecule has 0 bridgehead atoms. The largest absolute Gasteiger partial charge is 0.313 e. The molecule has 2 heteroatoms. The molecule has 0 spiro atoms. The molecule has 0 aliphatic heterocycles. The van der Waals surface area contributed by atoms with Crippen molar-refractivity contribution in [3.05, 3.63) is 0 Å². The summed E-state index contributed by atoms with van der Waals surface area (Å²) in [7, 11) is 0. The van der Waals surface area contributed by atoms with Crippen LogP contribution in [0, 0.1) is 11.3 Å². The lowest BCUT2D eigenvalue weighted by atomic mass is 9.72. The van der Waals surface area contributed by atoms with E-state index in [4.69, 9.17) is 0 Å². The van der Waals surface area contributed by atoms with E-state index in [0.29, 0.717) is 11.5 Å². The van der Waals surface area contributed by atoms with Crippen molar-refractivity contribution in [2.24, 2.45) is 11.3 Å². The maximum absolute atomic E-state index is 3.72. The number of likely N-dealkylation sites (N-methyl/N-ethyl adjacent to an activating group) is 2. The maximum Gasteiger partial charge on any atom is 0.0254 e. The highest BCUT2D eigenvalue weighted by atomic mass is 15.2. The van der Waals surface area contributed by atoms with Crippen molar-refractivity contribution < 1.29 is 0 Å². The molecule has 0 amide bonds. The van der Waals surface area contributed by atoms with Crippen LogP contribution >= 0.6 is 0 Å². The Hall–Kier alpha value is -0.0800. The van der Waals surface area contributed by atoms with Gasteiger partial charge in [0.15, 0.2) is 0 Å². The summed E-state index contributed by atoms with van der Waals surface area (Å²) in [6.07, 6.45) is 4.03. The second-order valence-electron chi connectivity index (χ2n) is 7.12. The highest BCUT2D eigenvalue weighted by molar-refractivity contribution is 4.94. The van der Waals surface area contributed by atoms with Crippen LogP contribution in [0.2, 0.25) is 0 Å². The molecule has 2 nitrogen and oxygen atoms in total. The van der Waals surface area contributed by atoms with Crippen LogP contribution < -0.4 is 5.32 Å². The normalized spacial score (nSPS) is 28.0. The molecule has 1 aliphatic carbocycles. The van der Waals surface area contributed by atoms with Gasteiger partial charge in [-0.05, 0) is 43.7 Å². The molecule has 1 N–H and O–H groups in total. The van der Waals surface area contributed by atoms with Crippen LogP contribution in [0.3, 0.4) is 0 Å². The summed E-state index contributed by atoms with van der Waals surface area (Å²) in [6, 6.07) is 1.42. The second kappa shape index (κ2) is 6.91. The molecule has 18 heavy (non-hydrogen) atoms. The predicted octanol–water partition coefficient (Wildman–Crippen LogP) is 3.52. The molecule has 0 aromatic carbocycles. The fourth-order valence-corrected chi connectivity index (χ4v) is 3.40. The average molecular weight is 254 g/mol. The standard InChI is InChI=1S/C16H34N2/c1-7-17-14-9-10-16(5,6)11-15(14)18(8-2)12-13(3)4/h13-15,17H,7-12H2,1-6H3. The molecule has 2 atom stereocenters. The monoisotopic (exact) mass is 254 g/mol. The summed E-state index contributed by atoms with van der Waals surface area (Å²) < 4.78 is 0. The van der Waals surface area contributed by atoms with Crippen molar-refractivity contribution in [1.82, 2.24) is 10.2 Å². The predicted molar refractivity (Wildman–Crippen MR) is 81.0 cm³/mol. The van der Waals surface area contributed by atoms with Gasteiger partial charge in [-0.25, -0.2) is 0 Å². The fourth-order valence-electron chi connectivity index (χ4n) is 3.40. The van der Waals surface area contributed by atoms with Gasteiger partial charge in [0.25, 0.3) is 0 Å². The Morgan fingerprint density at radius 2 is 1.94 bits per heavy atom. The average Bonchev–Trinajstić information content (AvgIpc) is 2.28. The van der Waals surface area contributed by atoms with Gasteiger partial charge in [0.1, 0.15) is 0 Å². The van der Waals surface area contributed by atoms with E-state index in [0.717, 1.165) is 18.5 Å². The summed E-state index contributed by atoms with van der Waals surface area (Å²) in [6.45, 7) is 17.6. The first-order valence-corrected chi connectivity index (χ1v) is 7.87. The smallest absolute Gasteiger partial charge is 0.0254 e. The van der Waals surface area contributed by atoms with Crippen molar-refractivity contribution in [2.45, 2.75) is 72.9 Å². The van der Waals surface area contributed by atoms with E-state index in [-0.39, 0.29) is 0 Å². The zero-order valence-corrected chi connectivity index (χ0v) is 13.4. The SMILES string of the molecule is CCNC1CCC(C)(C)CC1N(CC)CC(C)C. The molecule has 1 rings (SSSR count). The number of hydrogen-bond acceptors (Lipinski definition) is 2. The van der Waals surface area contributed by atoms with E-state index < -0.39 is 0 Å². The van der Waals surface area contributed by atoms with Crippen LogP contribution in [0.25, 0.3) is 0 Å². The maximum atomic E-state index is 3.72. The zero-order chi connectivity index (χ0) is 13.8. The van der Waals surface area contributed by atoms with Crippen LogP contribution in [0.4, 0.5) is 0 Å². The van der Waals surface area contributed by atoms with Crippen LogP contribution in [-0.4, -0.2) is 36.6 Å². The third kappa shape index (κ3) is 4.55. The molecule has 108 valence electrons. The molecule has 1 aliphatic rings. The summed E-state index contributed by atoms with van der Waals surface area (Å²) >= 11 is 0. The molecule has 1 saturated carbocycles. The Kier molecular flexibility index (Phi) is 6.13. The van der Waals surface area contributed by atoms with E-state index in [1.165, 1.54) is 32.4 Å². The Bertz CT molecular complexity index is 235. The summed E-state index contributed by atoms with van der Waals surface area (Å²) in [5.41, 5.74) is 0.515. The van der Waals surface area contributed by atoms with Gasteiger partial charge in [-0.15, -0.1) is 0 Å². The molecular weight excluding hydrogens is 220 g/mol. The molecular formula is C16H34N2. The van der Waals surface area contributed by atoms with E-state index in [1.807, 2.05) is 0 Å². The van der Waals surface area contributed by atoms with Gasteiger partial charge in [0.05, 0.1) is 0 Å². The number of nitrogens with zero attached hydrogens (tertiary/aromatic N) is 1. The number of rotatable bonds is 6. The first-order chi connectivity index (χ1) is 8.39. The summed E-state index contributed by atoms with van der Waals surface area (Å²) in [5.74, 6) is 0.761. The second-order valence-corrected chi connectivity index (χ2v) is 7.12. The number of hydrogen-bond donors (Lipinski definition) is 1. The Morgan fingerprint density at radius 1 is 1.28 bits per heavy atom. The van der Waals surface area contributed by atoms with Crippen LogP contribution in [0.1, 0.15) is 60.8 Å². The molecule has 2 unspecified atom stereocenters. The third-order valence-corrected chi connectivity index (χ3v) is 4.30. The van der Waals surface area contributed by atoms with Gasteiger partial charge in [0.2, 0.25) is 0 Å². The fraction of sp³-hybridized carbons (Fsp3) is 1.00. The lowest BCUT2D eigenvalue weighted by Gasteiger charge is -2.46. The van der Waals surface area contributed by atoms with Gasteiger partial charge >= 0.3 is 0 Å².